The quantitative estimate of drug-likeness (QED) is 0.850. The van der Waals surface area contributed by atoms with Crippen LogP contribution < -0.4 is 4.74 Å². The van der Waals surface area contributed by atoms with Crippen molar-refractivity contribution >= 4 is 17.4 Å². The Hall–Kier alpha value is -2.09. The molecule has 1 amide bonds. The van der Waals surface area contributed by atoms with E-state index in [4.69, 9.17) is 4.74 Å². The summed E-state index contributed by atoms with van der Waals surface area (Å²) in [6.45, 7) is 3.08. The van der Waals surface area contributed by atoms with Gasteiger partial charge < -0.3 is 9.64 Å². The smallest absolute Gasteiger partial charge is 0.267 e. The fraction of sp³-hybridized carbons (Fsp3) is 0.462. The number of aryl methyl sites for hydroxylation is 1. The lowest BCUT2D eigenvalue weighted by Crippen LogP contribution is -2.44. The van der Waals surface area contributed by atoms with Crippen LogP contribution in [0.5, 0.6) is 5.88 Å². The van der Waals surface area contributed by atoms with E-state index in [9.17, 15) is 4.79 Å². The fourth-order valence-corrected chi connectivity index (χ4v) is 2.94. The summed E-state index contributed by atoms with van der Waals surface area (Å²) in [4.78, 5) is 14.9. The molecule has 7 nitrogen and oxygen atoms in total. The van der Waals surface area contributed by atoms with Crippen LogP contribution >= 0.6 is 11.5 Å². The van der Waals surface area contributed by atoms with Crippen LogP contribution in [0, 0.1) is 6.92 Å². The molecule has 0 aromatic carbocycles. The van der Waals surface area contributed by atoms with Crippen molar-refractivity contribution in [2.24, 2.45) is 0 Å². The Morgan fingerprint density at radius 3 is 3.10 bits per heavy atom. The van der Waals surface area contributed by atoms with E-state index in [1.807, 2.05) is 0 Å². The molecule has 3 rings (SSSR count). The second-order valence-corrected chi connectivity index (χ2v) is 5.64. The highest BCUT2D eigenvalue weighted by atomic mass is 32.1. The number of carbonyl (C=O) groups excluding carboxylic acids is 1. The first-order valence-electron chi connectivity index (χ1n) is 6.76. The molecule has 8 heteroatoms. The maximum atomic E-state index is 12.5. The SMILES string of the molecule is Cc1nnsc1C(=O)N1CCCC(Oc2cccnn2)C1. The van der Waals surface area contributed by atoms with Crippen molar-refractivity contribution in [3.05, 3.63) is 28.9 Å². The Balaban J connectivity index is 1.66. The number of amides is 1. The summed E-state index contributed by atoms with van der Waals surface area (Å²) < 4.78 is 9.61. The number of piperidine rings is 1. The molecule has 1 unspecified atom stereocenters. The number of aromatic nitrogens is 4. The van der Waals surface area contributed by atoms with Gasteiger partial charge in [0.2, 0.25) is 5.88 Å². The van der Waals surface area contributed by atoms with E-state index in [0.29, 0.717) is 23.0 Å². The molecule has 1 aliphatic rings. The van der Waals surface area contributed by atoms with Crippen LogP contribution in [0.15, 0.2) is 18.3 Å². The summed E-state index contributed by atoms with van der Waals surface area (Å²) in [7, 11) is 0. The van der Waals surface area contributed by atoms with Gasteiger partial charge in [-0.05, 0) is 37.4 Å². The number of nitrogens with zero attached hydrogens (tertiary/aromatic N) is 5. The van der Waals surface area contributed by atoms with Gasteiger partial charge in [-0.2, -0.15) is 5.10 Å². The van der Waals surface area contributed by atoms with E-state index in [1.165, 1.54) is 0 Å². The van der Waals surface area contributed by atoms with Gasteiger partial charge >= 0.3 is 0 Å². The van der Waals surface area contributed by atoms with Crippen LogP contribution in [0.3, 0.4) is 0 Å². The number of rotatable bonds is 3. The van der Waals surface area contributed by atoms with Crippen LogP contribution in [0.25, 0.3) is 0 Å². The molecule has 1 aliphatic heterocycles. The molecule has 110 valence electrons. The van der Waals surface area contributed by atoms with Gasteiger partial charge in [0, 0.05) is 18.8 Å². The molecule has 1 fully saturated rings. The third kappa shape index (κ3) is 3.15. The summed E-state index contributed by atoms with van der Waals surface area (Å²) in [6.07, 6.45) is 3.35. The van der Waals surface area contributed by atoms with Gasteiger partial charge in [-0.3, -0.25) is 4.79 Å². The number of carbonyl (C=O) groups is 1. The second kappa shape index (κ2) is 6.13. The second-order valence-electron chi connectivity index (χ2n) is 4.88. The maximum Gasteiger partial charge on any atom is 0.267 e. The minimum atomic E-state index is -0.0550. The van der Waals surface area contributed by atoms with E-state index in [1.54, 1.807) is 30.2 Å². The zero-order valence-corrected chi connectivity index (χ0v) is 12.4. The summed E-state index contributed by atoms with van der Waals surface area (Å²) in [5, 5.41) is 11.6. The van der Waals surface area contributed by atoms with Crippen molar-refractivity contribution in [2.45, 2.75) is 25.9 Å². The standard InChI is InChI=1S/C13H15N5O2S/c1-9-12(21-17-15-9)13(19)18-7-3-4-10(8-18)20-11-5-2-6-14-16-11/h2,5-6,10H,3-4,7-8H2,1H3. The molecule has 3 heterocycles. The summed E-state index contributed by atoms with van der Waals surface area (Å²) in [5.74, 6) is 0.474. The minimum Gasteiger partial charge on any atom is -0.471 e. The molecule has 1 atom stereocenters. The van der Waals surface area contributed by atoms with Crippen molar-refractivity contribution in [1.82, 2.24) is 24.7 Å². The minimum absolute atomic E-state index is 0.0186. The summed E-state index contributed by atoms with van der Waals surface area (Å²) in [5.41, 5.74) is 0.682. The zero-order valence-electron chi connectivity index (χ0n) is 11.6. The average Bonchev–Trinajstić information content (AvgIpc) is 2.94. The van der Waals surface area contributed by atoms with Crippen LogP contribution in [-0.4, -0.2) is 49.8 Å². The van der Waals surface area contributed by atoms with Crippen LogP contribution in [0.4, 0.5) is 0 Å². The van der Waals surface area contributed by atoms with E-state index in [2.05, 4.69) is 19.8 Å². The first-order chi connectivity index (χ1) is 10.2. The van der Waals surface area contributed by atoms with Crippen molar-refractivity contribution in [2.75, 3.05) is 13.1 Å². The van der Waals surface area contributed by atoms with E-state index >= 15 is 0 Å². The molecular formula is C13H15N5O2S. The fourth-order valence-electron chi connectivity index (χ4n) is 2.31. The van der Waals surface area contributed by atoms with Gasteiger partial charge in [-0.15, -0.1) is 10.2 Å². The normalized spacial score (nSPS) is 18.5. The molecular weight excluding hydrogens is 290 g/mol. The van der Waals surface area contributed by atoms with Gasteiger partial charge in [0.05, 0.1) is 12.2 Å². The highest BCUT2D eigenvalue weighted by Gasteiger charge is 2.28. The lowest BCUT2D eigenvalue weighted by atomic mass is 10.1. The lowest BCUT2D eigenvalue weighted by Gasteiger charge is -2.32. The molecule has 0 N–H and O–H groups in total. The van der Waals surface area contributed by atoms with Crippen molar-refractivity contribution in [1.29, 1.82) is 0 Å². The molecule has 1 saturated heterocycles. The lowest BCUT2D eigenvalue weighted by molar-refractivity contribution is 0.0529. The highest BCUT2D eigenvalue weighted by molar-refractivity contribution is 7.07. The highest BCUT2D eigenvalue weighted by Crippen LogP contribution is 2.20. The summed E-state index contributed by atoms with van der Waals surface area (Å²) in [6, 6.07) is 3.55. The topological polar surface area (TPSA) is 81.1 Å². The third-order valence-corrected chi connectivity index (χ3v) is 4.16. The van der Waals surface area contributed by atoms with Gasteiger partial charge in [0.25, 0.3) is 5.91 Å². The van der Waals surface area contributed by atoms with Crippen molar-refractivity contribution in [3.63, 3.8) is 0 Å². The number of hydrogen-bond donors (Lipinski definition) is 0. The van der Waals surface area contributed by atoms with Crippen LogP contribution in [0.1, 0.15) is 28.2 Å². The molecule has 2 aromatic heterocycles. The van der Waals surface area contributed by atoms with Gasteiger partial charge in [-0.1, -0.05) is 4.49 Å². The first-order valence-corrected chi connectivity index (χ1v) is 7.54. The Morgan fingerprint density at radius 1 is 1.48 bits per heavy atom. The van der Waals surface area contributed by atoms with Gasteiger partial charge in [-0.25, -0.2) is 0 Å². The van der Waals surface area contributed by atoms with Crippen molar-refractivity contribution < 1.29 is 9.53 Å². The Morgan fingerprint density at radius 2 is 2.38 bits per heavy atom. The number of ether oxygens (including phenoxy) is 1. The van der Waals surface area contributed by atoms with Crippen LogP contribution in [-0.2, 0) is 0 Å². The van der Waals surface area contributed by atoms with E-state index in [-0.39, 0.29) is 12.0 Å². The van der Waals surface area contributed by atoms with Crippen molar-refractivity contribution in [3.8, 4) is 5.88 Å². The van der Waals surface area contributed by atoms with Gasteiger partial charge in [0.15, 0.2) is 0 Å². The third-order valence-electron chi connectivity index (χ3n) is 3.35. The molecule has 2 aromatic rings. The molecule has 21 heavy (non-hydrogen) atoms. The number of likely N-dealkylation sites (tertiary alicyclic amines) is 1. The van der Waals surface area contributed by atoms with Crippen LogP contribution in [0.2, 0.25) is 0 Å². The average molecular weight is 305 g/mol. The predicted octanol–water partition coefficient (Wildman–Crippen LogP) is 1.32. The molecule has 0 aliphatic carbocycles. The Kier molecular flexibility index (Phi) is 4.05. The summed E-state index contributed by atoms with van der Waals surface area (Å²) >= 11 is 1.14. The molecule has 0 saturated carbocycles. The number of hydrogen-bond acceptors (Lipinski definition) is 7. The predicted molar refractivity (Wildman–Crippen MR) is 76.2 cm³/mol. The van der Waals surface area contributed by atoms with E-state index in [0.717, 1.165) is 30.9 Å². The molecule has 0 bridgehead atoms. The molecule has 0 radical (unpaired) electrons. The van der Waals surface area contributed by atoms with Gasteiger partial charge in [0.1, 0.15) is 11.0 Å². The zero-order chi connectivity index (χ0) is 14.7. The van der Waals surface area contributed by atoms with E-state index < -0.39 is 0 Å². The first kappa shape index (κ1) is 13.9. The Labute approximate surface area is 126 Å². The maximum absolute atomic E-state index is 12.5. The largest absolute Gasteiger partial charge is 0.471 e. The Bertz CT molecular complexity index is 618. The monoisotopic (exact) mass is 305 g/mol. The molecule has 0 spiro atoms.